The van der Waals surface area contributed by atoms with Crippen molar-refractivity contribution in [2.75, 3.05) is 0 Å². The van der Waals surface area contributed by atoms with Gasteiger partial charge in [-0.25, -0.2) is 0 Å². The standard InChI is InChI=1S/C17H26N2/c1-12-5-6-14(18-10-12)11-19-15-16(2,3)13-7-8-17(15,4)9-13/h5-6,10,13,15,19H,7-9,11H2,1-4H3. The fraction of sp³-hybridized carbons (Fsp3) is 0.706. The van der Waals surface area contributed by atoms with Crippen LogP contribution < -0.4 is 5.32 Å². The number of aryl methyl sites for hydroxylation is 1. The predicted molar refractivity (Wildman–Crippen MR) is 78.8 cm³/mol. The van der Waals surface area contributed by atoms with Crippen LogP contribution in [0, 0.1) is 23.7 Å². The molecule has 0 saturated heterocycles. The molecule has 2 nitrogen and oxygen atoms in total. The van der Waals surface area contributed by atoms with Gasteiger partial charge in [-0.2, -0.15) is 0 Å². The first-order valence-corrected chi connectivity index (χ1v) is 7.57. The normalized spacial score (nSPS) is 35.8. The molecule has 2 fully saturated rings. The van der Waals surface area contributed by atoms with E-state index < -0.39 is 0 Å². The molecule has 0 spiro atoms. The predicted octanol–water partition coefficient (Wildman–Crippen LogP) is 3.69. The summed E-state index contributed by atoms with van der Waals surface area (Å²) in [6.45, 7) is 10.4. The molecule has 2 aliphatic rings. The van der Waals surface area contributed by atoms with E-state index in [0.29, 0.717) is 16.9 Å². The summed E-state index contributed by atoms with van der Waals surface area (Å²) in [6.07, 6.45) is 6.17. The van der Waals surface area contributed by atoms with Crippen molar-refractivity contribution in [2.45, 2.75) is 59.5 Å². The van der Waals surface area contributed by atoms with E-state index in [2.05, 4.69) is 50.1 Å². The third kappa shape index (κ3) is 2.10. The van der Waals surface area contributed by atoms with Gasteiger partial charge < -0.3 is 5.32 Å². The summed E-state index contributed by atoms with van der Waals surface area (Å²) in [6, 6.07) is 4.92. The highest BCUT2D eigenvalue weighted by Crippen LogP contribution is 2.62. The highest BCUT2D eigenvalue weighted by atomic mass is 15.0. The second-order valence-corrected chi connectivity index (χ2v) is 7.56. The molecule has 2 heteroatoms. The zero-order valence-corrected chi connectivity index (χ0v) is 12.7. The maximum Gasteiger partial charge on any atom is 0.0541 e. The lowest BCUT2D eigenvalue weighted by molar-refractivity contribution is 0.107. The van der Waals surface area contributed by atoms with Crippen molar-refractivity contribution in [1.29, 1.82) is 0 Å². The van der Waals surface area contributed by atoms with Crippen molar-refractivity contribution in [3.8, 4) is 0 Å². The van der Waals surface area contributed by atoms with Crippen LogP contribution in [-0.4, -0.2) is 11.0 Å². The number of nitrogens with zero attached hydrogens (tertiary/aromatic N) is 1. The number of nitrogens with one attached hydrogen (secondary N) is 1. The summed E-state index contributed by atoms with van der Waals surface area (Å²) in [7, 11) is 0. The average Bonchev–Trinajstić information content (AvgIpc) is 2.82. The molecule has 1 heterocycles. The van der Waals surface area contributed by atoms with Crippen LogP contribution in [0.15, 0.2) is 18.3 Å². The smallest absolute Gasteiger partial charge is 0.0541 e. The third-order valence-electron chi connectivity index (χ3n) is 5.73. The first kappa shape index (κ1) is 13.1. The van der Waals surface area contributed by atoms with E-state index in [1.165, 1.54) is 24.8 Å². The maximum absolute atomic E-state index is 4.51. The Hall–Kier alpha value is -0.890. The molecule has 3 atom stereocenters. The molecule has 0 radical (unpaired) electrons. The molecule has 0 aromatic carbocycles. The van der Waals surface area contributed by atoms with Crippen LogP contribution in [0.3, 0.4) is 0 Å². The molecule has 2 saturated carbocycles. The maximum atomic E-state index is 4.51. The van der Waals surface area contributed by atoms with E-state index in [4.69, 9.17) is 0 Å². The molecule has 3 rings (SSSR count). The second-order valence-electron chi connectivity index (χ2n) is 7.56. The fourth-order valence-corrected chi connectivity index (χ4v) is 4.62. The Bertz CT molecular complexity index is 458. The number of rotatable bonds is 3. The molecule has 1 N–H and O–H groups in total. The lowest BCUT2D eigenvalue weighted by atomic mass is 9.68. The summed E-state index contributed by atoms with van der Waals surface area (Å²) in [5, 5.41) is 3.82. The zero-order valence-electron chi connectivity index (χ0n) is 12.7. The van der Waals surface area contributed by atoms with Gasteiger partial charge >= 0.3 is 0 Å². The highest BCUT2D eigenvalue weighted by molar-refractivity contribution is 5.15. The Kier molecular flexibility index (Phi) is 2.97. The molecule has 2 bridgehead atoms. The van der Waals surface area contributed by atoms with Gasteiger partial charge in [-0.05, 0) is 54.6 Å². The molecule has 104 valence electrons. The molecule has 1 aromatic rings. The van der Waals surface area contributed by atoms with Gasteiger partial charge in [0.05, 0.1) is 5.69 Å². The van der Waals surface area contributed by atoms with Gasteiger partial charge in [0.2, 0.25) is 0 Å². The van der Waals surface area contributed by atoms with Gasteiger partial charge in [0.25, 0.3) is 0 Å². The largest absolute Gasteiger partial charge is 0.307 e. The van der Waals surface area contributed by atoms with Crippen LogP contribution in [0.4, 0.5) is 0 Å². The molecule has 3 unspecified atom stereocenters. The van der Waals surface area contributed by atoms with E-state index in [1.54, 1.807) is 0 Å². The van der Waals surface area contributed by atoms with Crippen LogP contribution in [0.25, 0.3) is 0 Å². The molecule has 0 aliphatic heterocycles. The summed E-state index contributed by atoms with van der Waals surface area (Å²) < 4.78 is 0. The zero-order chi connectivity index (χ0) is 13.7. The van der Waals surface area contributed by atoms with E-state index in [0.717, 1.165) is 18.2 Å². The summed E-state index contributed by atoms with van der Waals surface area (Å²) in [5.41, 5.74) is 3.32. The SMILES string of the molecule is Cc1ccc(CNC2C3(C)CCC(C3)C2(C)C)nc1. The van der Waals surface area contributed by atoms with Gasteiger partial charge in [-0.1, -0.05) is 26.8 Å². The quantitative estimate of drug-likeness (QED) is 0.894. The number of aromatic nitrogens is 1. The molecule has 1 aromatic heterocycles. The van der Waals surface area contributed by atoms with E-state index in [-0.39, 0.29) is 0 Å². The minimum Gasteiger partial charge on any atom is -0.307 e. The van der Waals surface area contributed by atoms with Gasteiger partial charge in [0, 0.05) is 18.8 Å². The number of fused-ring (bicyclic) bond motifs is 2. The monoisotopic (exact) mass is 258 g/mol. The van der Waals surface area contributed by atoms with E-state index in [9.17, 15) is 0 Å². The fourth-order valence-electron chi connectivity index (χ4n) is 4.62. The van der Waals surface area contributed by atoms with Crippen molar-refractivity contribution in [3.05, 3.63) is 29.6 Å². The molecule has 2 aliphatic carbocycles. The van der Waals surface area contributed by atoms with Crippen LogP contribution >= 0.6 is 0 Å². The van der Waals surface area contributed by atoms with Crippen molar-refractivity contribution >= 4 is 0 Å². The Balaban J connectivity index is 1.71. The van der Waals surface area contributed by atoms with E-state index in [1.807, 2.05) is 6.20 Å². The van der Waals surface area contributed by atoms with E-state index >= 15 is 0 Å². The minimum absolute atomic E-state index is 0.428. The Morgan fingerprint density at radius 1 is 1.32 bits per heavy atom. The molecular weight excluding hydrogens is 232 g/mol. The van der Waals surface area contributed by atoms with Crippen LogP contribution in [0.2, 0.25) is 0 Å². The number of hydrogen-bond acceptors (Lipinski definition) is 2. The Morgan fingerprint density at radius 2 is 2.11 bits per heavy atom. The van der Waals surface area contributed by atoms with Crippen LogP contribution in [-0.2, 0) is 6.54 Å². The second kappa shape index (κ2) is 4.31. The van der Waals surface area contributed by atoms with Crippen molar-refractivity contribution < 1.29 is 0 Å². The topological polar surface area (TPSA) is 24.9 Å². The van der Waals surface area contributed by atoms with Gasteiger partial charge in [0.1, 0.15) is 0 Å². The minimum atomic E-state index is 0.428. The van der Waals surface area contributed by atoms with Crippen LogP contribution in [0.1, 0.15) is 51.3 Å². The lowest BCUT2D eigenvalue weighted by Crippen LogP contribution is -2.50. The van der Waals surface area contributed by atoms with Gasteiger partial charge in [-0.15, -0.1) is 0 Å². The van der Waals surface area contributed by atoms with Gasteiger partial charge in [0.15, 0.2) is 0 Å². The molecular formula is C17H26N2. The summed E-state index contributed by atoms with van der Waals surface area (Å²) in [5.74, 6) is 0.904. The number of pyridine rings is 1. The summed E-state index contributed by atoms with van der Waals surface area (Å²) >= 11 is 0. The highest BCUT2D eigenvalue weighted by Gasteiger charge is 2.58. The van der Waals surface area contributed by atoms with Crippen molar-refractivity contribution in [2.24, 2.45) is 16.7 Å². The number of hydrogen-bond donors (Lipinski definition) is 1. The molecule has 19 heavy (non-hydrogen) atoms. The van der Waals surface area contributed by atoms with Crippen molar-refractivity contribution in [3.63, 3.8) is 0 Å². The van der Waals surface area contributed by atoms with Crippen molar-refractivity contribution in [1.82, 2.24) is 10.3 Å². The first-order chi connectivity index (χ1) is 8.92. The summed E-state index contributed by atoms with van der Waals surface area (Å²) in [4.78, 5) is 4.51. The lowest BCUT2D eigenvalue weighted by Gasteiger charge is -2.43. The molecule has 0 amide bonds. The third-order valence-corrected chi connectivity index (χ3v) is 5.73. The Morgan fingerprint density at radius 3 is 2.68 bits per heavy atom. The van der Waals surface area contributed by atoms with Gasteiger partial charge in [-0.3, -0.25) is 4.98 Å². The Labute approximate surface area is 117 Å². The van der Waals surface area contributed by atoms with Crippen LogP contribution in [0.5, 0.6) is 0 Å². The first-order valence-electron chi connectivity index (χ1n) is 7.57. The average molecular weight is 258 g/mol.